The van der Waals surface area contributed by atoms with Crippen LogP contribution in [0, 0.1) is 5.92 Å². The molecular formula is C20H27ClN2O2. The van der Waals surface area contributed by atoms with Crippen molar-refractivity contribution in [2.24, 2.45) is 11.7 Å². The second-order valence-corrected chi connectivity index (χ2v) is 6.20. The van der Waals surface area contributed by atoms with E-state index >= 15 is 0 Å². The van der Waals surface area contributed by atoms with E-state index in [-0.39, 0.29) is 36.3 Å². The molecule has 0 saturated carbocycles. The van der Waals surface area contributed by atoms with Gasteiger partial charge in [-0.25, -0.2) is 0 Å². The van der Waals surface area contributed by atoms with E-state index < -0.39 is 0 Å². The minimum Gasteiger partial charge on any atom is -0.496 e. The number of carbonyl (C=O) groups excluding carboxylic acids is 1. The van der Waals surface area contributed by atoms with Gasteiger partial charge in [0.05, 0.1) is 13.2 Å². The first kappa shape index (κ1) is 21.0. The first-order chi connectivity index (χ1) is 11.4. The minimum atomic E-state index is -0.208. The number of benzene rings is 2. The highest BCUT2D eigenvalue weighted by Gasteiger charge is 2.19. The van der Waals surface area contributed by atoms with Crippen LogP contribution in [0.2, 0.25) is 0 Å². The SMILES string of the molecule is COc1ccccc1-c1ccc(C(C)NC(=O)C(C)C(C)N)cc1.Cl. The Morgan fingerprint density at radius 3 is 2.20 bits per heavy atom. The molecule has 2 aromatic rings. The quantitative estimate of drug-likeness (QED) is 0.817. The van der Waals surface area contributed by atoms with Crippen molar-refractivity contribution >= 4 is 18.3 Å². The van der Waals surface area contributed by atoms with Gasteiger partial charge in [0.1, 0.15) is 5.75 Å². The van der Waals surface area contributed by atoms with E-state index in [9.17, 15) is 4.79 Å². The molecule has 3 unspecified atom stereocenters. The fourth-order valence-corrected chi connectivity index (χ4v) is 2.50. The summed E-state index contributed by atoms with van der Waals surface area (Å²) in [5.41, 5.74) is 8.98. The molecule has 2 aromatic carbocycles. The van der Waals surface area contributed by atoms with Crippen molar-refractivity contribution in [1.29, 1.82) is 0 Å². The zero-order valence-electron chi connectivity index (χ0n) is 15.2. The van der Waals surface area contributed by atoms with E-state index in [1.807, 2.05) is 69.3 Å². The summed E-state index contributed by atoms with van der Waals surface area (Å²) in [5.74, 6) is 0.615. The predicted molar refractivity (Wildman–Crippen MR) is 105 cm³/mol. The third-order valence-corrected chi connectivity index (χ3v) is 4.39. The van der Waals surface area contributed by atoms with E-state index in [0.717, 1.165) is 22.4 Å². The first-order valence-corrected chi connectivity index (χ1v) is 8.23. The molecule has 0 heterocycles. The molecule has 0 spiro atoms. The van der Waals surface area contributed by atoms with Gasteiger partial charge < -0.3 is 15.8 Å². The van der Waals surface area contributed by atoms with Gasteiger partial charge in [-0.2, -0.15) is 0 Å². The molecule has 0 saturated heterocycles. The van der Waals surface area contributed by atoms with Gasteiger partial charge in [-0.05, 0) is 31.0 Å². The molecule has 3 atom stereocenters. The standard InChI is InChI=1S/C20H26N2O2.ClH/c1-13(14(2)21)20(23)22-15(3)16-9-11-17(12-10-16)18-7-5-6-8-19(18)24-4;/h5-15H,21H2,1-4H3,(H,22,23);1H. The van der Waals surface area contributed by atoms with Crippen molar-refractivity contribution in [2.75, 3.05) is 7.11 Å². The Labute approximate surface area is 156 Å². The maximum Gasteiger partial charge on any atom is 0.224 e. The van der Waals surface area contributed by atoms with Gasteiger partial charge in [0.2, 0.25) is 5.91 Å². The Morgan fingerprint density at radius 1 is 1.04 bits per heavy atom. The molecule has 5 heteroatoms. The third-order valence-electron chi connectivity index (χ3n) is 4.39. The Bertz CT molecular complexity index is 686. The summed E-state index contributed by atoms with van der Waals surface area (Å²) in [7, 11) is 1.67. The van der Waals surface area contributed by atoms with Gasteiger partial charge in [-0.15, -0.1) is 12.4 Å². The highest BCUT2D eigenvalue weighted by Crippen LogP contribution is 2.30. The maximum atomic E-state index is 12.1. The van der Waals surface area contributed by atoms with Gasteiger partial charge in [0.15, 0.2) is 0 Å². The van der Waals surface area contributed by atoms with Gasteiger partial charge in [-0.3, -0.25) is 4.79 Å². The van der Waals surface area contributed by atoms with Crippen LogP contribution in [0.1, 0.15) is 32.4 Å². The maximum absolute atomic E-state index is 12.1. The molecule has 3 N–H and O–H groups in total. The van der Waals surface area contributed by atoms with E-state index in [2.05, 4.69) is 5.32 Å². The zero-order valence-corrected chi connectivity index (χ0v) is 16.0. The Kier molecular flexibility index (Phi) is 7.94. The third kappa shape index (κ3) is 5.21. The molecule has 0 aliphatic rings. The lowest BCUT2D eigenvalue weighted by molar-refractivity contribution is -0.125. The number of carbonyl (C=O) groups is 1. The summed E-state index contributed by atoms with van der Waals surface area (Å²) in [6, 6.07) is 15.8. The van der Waals surface area contributed by atoms with Crippen LogP contribution in [0.3, 0.4) is 0 Å². The molecule has 0 radical (unpaired) electrons. The first-order valence-electron chi connectivity index (χ1n) is 8.23. The fourth-order valence-electron chi connectivity index (χ4n) is 2.50. The highest BCUT2D eigenvalue weighted by atomic mass is 35.5. The number of para-hydroxylation sites is 1. The number of amides is 1. The fraction of sp³-hybridized carbons (Fsp3) is 0.350. The van der Waals surface area contributed by atoms with Crippen molar-refractivity contribution in [2.45, 2.75) is 32.9 Å². The minimum absolute atomic E-state index is 0. The van der Waals surface area contributed by atoms with Crippen molar-refractivity contribution < 1.29 is 9.53 Å². The molecular weight excluding hydrogens is 336 g/mol. The molecule has 1 amide bonds. The lowest BCUT2D eigenvalue weighted by Gasteiger charge is -2.20. The summed E-state index contributed by atoms with van der Waals surface area (Å²) >= 11 is 0. The number of rotatable bonds is 6. The lowest BCUT2D eigenvalue weighted by Crippen LogP contribution is -2.39. The number of ether oxygens (including phenoxy) is 1. The number of halogens is 1. The monoisotopic (exact) mass is 362 g/mol. The summed E-state index contributed by atoms with van der Waals surface area (Å²) < 4.78 is 5.41. The van der Waals surface area contributed by atoms with Crippen LogP contribution in [0.4, 0.5) is 0 Å². The number of hydrogen-bond acceptors (Lipinski definition) is 3. The van der Waals surface area contributed by atoms with E-state index in [4.69, 9.17) is 10.5 Å². The van der Waals surface area contributed by atoms with E-state index in [1.54, 1.807) is 7.11 Å². The number of hydrogen-bond donors (Lipinski definition) is 2. The largest absolute Gasteiger partial charge is 0.496 e. The van der Waals surface area contributed by atoms with Crippen LogP contribution in [0.5, 0.6) is 5.75 Å². The average Bonchev–Trinajstić information content (AvgIpc) is 2.60. The molecule has 0 fully saturated rings. The Balaban J connectivity index is 0.00000312. The van der Waals surface area contributed by atoms with Crippen molar-refractivity contribution in [3.8, 4) is 16.9 Å². The molecule has 0 aliphatic carbocycles. The molecule has 2 rings (SSSR count). The van der Waals surface area contributed by atoms with Crippen LogP contribution < -0.4 is 15.8 Å². The lowest BCUT2D eigenvalue weighted by atomic mass is 9.99. The van der Waals surface area contributed by atoms with Crippen LogP contribution in [0.25, 0.3) is 11.1 Å². The normalized spacial score (nSPS) is 14.0. The molecule has 25 heavy (non-hydrogen) atoms. The second kappa shape index (κ2) is 9.44. The van der Waals surface area contributed by atoms with Crippen molar-refractivity contribution in [1.82, 2.24) is 5.32 Å². The number of nitrogens with two attached hydrogens (primary N) is 1. The van der Waals surface area contributed by atoms with Crippen LogP contribution in [0.15, 0.2) is 48.5 Å². The molecule has 0 aromatic heterocycles. The smallest absolute Gasteiger partial charge is 0.224 e. The summed E-state index contributed by atoms with van der Waals surface area (Å²) in [4.78, 5) is 12.1. The Hall–Kier alpha value is -2.04. The van der Waals surface area contributed by atoms with Crippen molar-refractivity contribution in [3.05, 3.63) is 54.1 Å². The molecule has 4 nitrogen and oxygen atoms in total. The van der Waals surface area contributed by atoms with Gasteiger partial charge in [0.25, 0.3) is 0 Å². The van der Waals surface area contributed by atoms with Gasteiger partial charge in [-0.1, -0.05) is 49.4 Å². The molecule has 136 valence electrons. The van der Waals surface area contributed by atoms with Crippen LogP contribution >= 0.6 is 12.4 Å². The Morgan fingerprint density at radius 2 is 1.64 bits per heavy atom. The van der Waals surface area contributed by atoms with Gasteiger partial charge in [0, 0.05) is 17.5 Å². The molecule has 0 bridgehead atoms. The highest BCUT2D eigenvalue weighted by molar-refractivity contribution is 5.85. The van der Waals surface area contributed by atoms with Crippen LogP contribution in [-0.2, 0) is 4.79 Å². The molecule has 0 aliphatic heterocycles. The summed E-state index contributed by atoms with van der Waals surface area (Å²) in [5, 5.41) is 3.02. The average molecular weight is 363 g/mol. The van der Waals surface area contributed by atoms with E-state index in [1.165, 1.54) is 0 Å². The van der Waals surface area contributed by atoms with Crippen LogP contribution in [-0.4, -0.2) is 19.1 Å². The summed E-state index contributed by atoms with van der Waals surface area (Å²) in [6.07, 6.45) is 0. The number of nitrogens with one attached hydrogen (secondary N) is 1. The predicted octanol–water partition coefficient (Wildman–Crippen LogP) is 3.94. The summed E-state index contributed by atoms with van der Waals surface area (Å²) in [6.45, 7) is 5.67. The topological polar surface area (TPSA) is 64.3 Å². The van der Waals surface area contributed by atoms with E-state index in [0.29, 0.717) is 0 Å². The van der Waals surface area contributed by atoms with Crippen molar-refractivity contribution in [3.63, 3.8) is 0 Å². The van der Waals surface area contributed by atoms with Gasteiger partial charge >= 0.3 is 0 Å². The zero-order chi connectivity index (χ0) is 17.7. The second-order valence-electron chi connectivity index (χ2n) is 6.20. The number of methoxy groups -OCH3 is 1.